The van der Waals surface area contributed by atoms with Gasteiger partial charge in [0.05, 0.1) is 6.42 Å². The zero-order chi connectivity index (χ0) is 19.6. The molecule has 2 aromatic rings. The molecule has 1 aliphatic rings. The van der Waals surface area contributed by atoms with Crippen LogP contribution >= 0.6 is 0 Å². The first-order valence-electron chi connectivity index (χ1n) is 8.30. The van der Waals surface area contributed by atoms with E-state index in [1.165, 1.54) is 6.07 Å². The topological polar surface area (TPSA) is 143 Å². The predicted octanol–water partition coefficient (Wildman–Crippen LogP) is 0.705. The van der Waals surface area contributed by atoms with E-state index >= 15 is 0 Å². The molecule has 0 unspecified atom stereocenters. The van der Waals surface area contributed by atoms with E-state index < -0.39 is 36.9 Å². The second kappa shape index (κ2) is 7.48. The van der Waals surface area contributed by atoms with E-state index in [0.717, 1.165) is 23.8 Å². The number of carbonyl (C=O) groups is 3. The average molecular weight is 375 g/mol. The molecule has 1 heterocycles. The smallest absolute Gasteiger partial charge is 0.339 e. The van der Waals surface area contributed by atoms with Gasteiger partial charge in [0.25, 0.3) is 5.91 Å². The number of benzene rings is 1. The van der Waals surface area contributed by atoms with Gasteiger partial charge in [0.2, 0.25) is 0 Å². The first-order chi connectivity index (χ1) is 12.8. The van der Waals surface area contributed by atoms with Crippen LogP contribution in [0.5, 0.6) is 5.75 Å². The molecular formula is C18H17NO8. The van der Waals surface area contributed by atoms with Crippen LogP contribution in [0.4, 0.5) is 0 Å². The minimum Gasteiger partial charge on any atom is -0.484 e. The third-order valence-corrected chi connectivity index (χ3v) is 4.33. The molecule has 9 heteroatoms. The highest BCUT2D eigenvalue weighted by Crippen LogP contribution is 2.29. The van der Waals surface area contributed by atoms with Crippen LogP contribution < -0.4 is 15.7 Å². The number of fused-ring (bicyclic) bond motifs is 3. The Hall–Kier alpha value is -3.36. The fourth-order valence-corrected chi connectivity index (χ4v) is 3.11. The van der Waals surface area contributed by atoms with Crippen molar-refractivity contribution < 1.29 is 33.8 Å². The summed E-state index contributed by atoms with van der Waals surface area (Å²) in [5.74, 6) is -3.31. The van der Waals surface area contributed by atoms with Crippen molar-refractivity contribution in [3.8, 4) is 5.75 Å². The van der Waals surface area contributed by atoms with Crippen LogP contribution in [0, 0.1) is 0 Å². The molecule has 0 radical (unpaired) electrons. The van der Waals surface area contributed by atoms with Crippen molar-refractivity contribution in [3.05, 3.63) is 39.7 Å². The summed E-state index contributed by atoms with van der Waals surface area (Å²) in [5.41, 5.74) is 1.66. The summed E-state index contributed by atoms with van der Waals surface area (Å²) in [4.78, 5) is 45.4. The van der Waals surface area contributed by atoms with Crippen LogP contribution in [-0.2, 0) is 27.2 Å². The third-order valence-electron chi connectivity index (χ3n) is 4.33. The Balaban J connectivity index is 1.69. The van der Waals surface area contributed by atoms with Crippen molar-refractivity contribution in [1.82, 2.24) is 5.32 Å². The Labute approximate surface area is 152 Å². The summed E-state index contributed by atoms with van der Waals surface area (Å²) >= 11 is 0. The maximum Gasteiger partial charge on any atom is 0.339 e. The van der Waals surface area contributed by atoms with Crippen molar-refractivity contribution in [2.24, 2.45) is 0 Å². The molecule has 3 N–H and O–H groups in total. The van der Waals surface area contributed by atoms with E-state index in [1.807, 2.05) is 0 Å². The summed E-state index contributed by atoms with van der Waals surface area (Å²) in [7, 11) is 0. The highest BCUT2D eigenvalue weighted by Gasteiger charge is 2.23. The van der Waals surface area contributed by atoms with Gasteiger partial charge < -0.3 is 24.7 Å². The van der Waals surface area contributed by atoms with E-state index in [1.54, 1.807) is 12.1 Å². The van der Waals surface area contributed by atoms with Crippen molar-refractivity contribution in [2.75, 3.05) is 6.61 Å². The van der Waals surface area contributed by atoms with Crippen LogP contribution in [0.2, 0.25) is 0 Å². The summed E-state index contributed by atoms with van der Waals surface area (Å²) in [6.07, 6.45) is 1.67. The van der Waals surface area contributed by atoms with Crippen LogP contribution in [-0.4, -0.2) is 40.7 Å². The second-order valence-corrected chi connectivity index (χ2v) is 6.20. The van der Waals surface area contributed by atoms with E-state index in [2.05, 4.69) is 5.32 Å². The Morgan fingerprint density at radius 2 is 1.93 bits per heavy atom. The van der Waals surface area contributed by atoms with E-state index in [0.29, 0.717) is 17.6 Å². The van der Waals surface area contributed by atoms with Gasteiger partial charge in [0, 0.05) is 17.0 Å². The number of carbonyl (C=O) groups excluding carboxylic acids is 1. The Morgan fingerprint density at radius 3 is 2.63 bits per heavy atom. The molecule has 1 atom stereocenters. The molecule has 0 spiro atoms. The number of carboxylic acid groups (broad SMARTS) is 2. The maximum atomic E-state index is 12.0. The highest BCUT2D eigenvalue weighted by molar-refractivity contribution is 5.87. The van der Waals surface area contributed by atoms with Crippen molar-refractivity contribution in [2.45, 2.75) is 31.7 Å². The van der Waals surface area contributed by atoms with Gasteiger partial charge in [-0.2, -0.15) is 0 Å². The molecule has 1 aromatic heterocycles. The van der Waals surface area contributed by atoms with Gasteiger partial charge in [-0.3, -0.25) is 9.59 Å². The summed E-state index contributed by atoms with van der Waals surface area (Å²) in [5, 5.41) is 20.5. The minimum absolute atomic E-state index is 0.267. The average Bonchev–Trinajstić information content (AvgIpc) is 3.09. The number of hydrogen-bond acceptors (Lipinski definition) is 6. The lowest BCUT2D eigenvalue weighted by Crippen LogP contribution is -2.44. The summed E-state index contributed by atoms with van der Waals surface area (Å²) in [6, 6.07) is 3.32. The first-order valence-corrected chi connectivity index (χ1v) is 8.30. The van der Waals surface area contributed by atoms with Gasteiger partial charge in [-0.25, -0.2) is 9.59 Å². The van der Waals surface area contributed by atoms with E-state index in [-0.39, 0.29) is 11.4 Å². The summed E-state index contributed by atoms with van der Waals surface area (Å²) in [6.45, 7) is -0.510. The van der Waals surface area contributed by atoms with Gasteiger partial charge in [-0.05, 0) is 37.0 Å². The van der Waals surface area contributed by atoms with Crippen molar-refractivity contribution >= 4 is 28.8 Å². The molecular weight excluding hydrogens is 358 g/mol. The molecule has 0 bridgehead atoms. The Kier molecular flexibility index (Phi) is 5.11. The van der Waals surface area contributed by atoms with Crippen LogP contribution in [0.1, 0.15) is 24.0 Å². The SMILES string of the molecule is O=C(O)C[C@@H](NC(=O)COc1ccc2c3c(c(=O)oc2c1)CCC3)C(=O)O. The zero-order valence-corrected chi connectivity index (χ0v) is 14.2. The Morgan fingerprint density at radius 1 is 1.19 bits per heavy atom. The number of hydrogen-bond donors (Lipinski definition) is 3. The largest absolute Gasteiger partial charge is 0.484 e. The number of carboxylic acids is 2. The van der Waals surface area contributed by atoms with Crippen LogP contribution in [0.3, 0.4) is 0 Å². The van der Waals surface area contributed by atoms with Crippen molar-refractivity contribution in [3.63, 3.8) is 0 Å². The molecule has 142 valence electrons. The molecule has 3 rings (SSSR count). The molecule has 0 aliphatic heterocycles. The summed E-state index contributed by atoms with van der Waals surface area (Å²) < 4.78 is 10.6. The maximum absolute atomic E-state index is 12.0. The molecule has 0 saturated heterocycles. The molecule has 9 nitrogen and oxygen atoms in total. The van der Waals surface area contributed by atoms with Gasteiger partial charge in [-0.1, -0.05) is 0 Å². The lowest BCUT2D eigenvalue weighted by atomic mass is 10.1. The number of aliphatic carboxylic acids is 2. The molecule has 0 fully saturated rings. The molecule has 0 saturated carbocycles. The van der Waals surface area contributed by atoms with Crippen LogP contribution in [0.15, 0.2) is 27.4 Å². The second-order valence-electron chi connectivity index (χ2n) is 6.20. The standard InChI is InChI=1S/C18H17NO8/c20-15(19-13(17(23)24)7-16(21)22)8-26-9-4-5-11-10-2-1-3-12(10)18(25)27-14(11)6-9/h4-6,13H,1-3,7-8H2,(H,19,20)(H,21,22)(H,23,24)/t13-/m1/s1. The van der Waals surface area contributed by atoms with E-state index in [9.17, 15) is 19.2 Å². The van der Waals surface area contributed by atoms with Gasteiger partial charge in [0.15, 0.2) is 6.61 Å². The van der Waals surface area contributed by atoms with Gasteiger partial charge >= 0.3 is 17.6 Å². The highest BCUT2D eigenvalue weighted by atomic mass is 16.5. The lowest BCUT2D eigenvalue weighted by molar-refractivity contribution is -0.147. The molecule has 27 heavy (non-hydrogen) atoms. The van der Waals surface area contributed by atoms with Gasteiger partial charge in [-0.15, -0.1) is 0 Å². The number of aryl methyl sites for hydroxylation is 1. The number of nitrogens with one attached hydrogen (secondary N) is 1. The molecule has 1 aromatic carbocycles. The number of ether oxygens (including phenoxy) is 1. The molecule has 1 amide bonds. The fourth-order valence-electron chi connectivity index (χ4n) is 3.11. The quantitative estimate of drug-likeness (QED) is 0.600. The normalized spacial score (nSPS) is 13.8. The third kappa shape index (κ3) is 4.08. The van der Waals surface area contributed by atoms with Crippen molar-refractivity contribution in [1.29, 1.82) is 0 Å². The fraction of sp³-hybridized carbons (Fsp3) is 0.333. The van der Waals surface area contributed by atoms with E-state index in [4.69, 9.17) is 19.4 Å². The Bertz CT molecular complexity index is 977. The lowest BCUT2D eigenvalue weighted by Gasteiger charge is -2.13. The van der Waals surface area contributed by atoms with Gasteiger partial charge in [0.1, 0.15) is 17.4 Å². The minimum atomic E-state index is -1.55. The predicted molar refractivity (Wildman–Crippen MR) is 91.8 cm³/mol. The number of rotatable bonds is 7. The monoisotopic (exact) mass is 375 g/mol. The first kappa shape index (κ1) is 18.4. The van der Waals surface area contributed by atoms with Crippen LogP contribution in [0.25, 0.3) is 11.0 Å². The molecule has 1 aliphatic carbocycles. The zero-order valence-electron chi connectivity index (χ0n) is 14.2. The number of amides is 1.